The zero-order chi connectivity index (χ0) is 19.8. The fraction of sp³-hybridized carbons (Fsp3) is 0.240. The van der Waals surface area contributed by atoms with E-state index < -0.39 is 0 Å². The van der Waals surface area contributed by atoms with Crippen molar-refractivity contribution < 1.29 is 4.74 Å². The molecule has 0 unspecified atom stereocenters. The van der Waals surface area contributed by atoms with Crippen LogP contribution in [0.1, 0.15) is 24.5 Å². The van der Waals surface area contributed by atoms with Gasteiger partial charge in [0.25, 0.3) is 0 Å². The van der Waals surface area contributed by atoms with E-state index in [1.807, 2.05) is 6.07 Å². The molecule has 0 bridgehead atoms. The van der Waals surface area contributed by atoms with E-state index >= 15 is 0 Å². The number of aromatic nitrogens is 1. The lowest BCUT2D eigenvalue weighted by molar-refractivity contribution is 0.315. The average molecular weight is 447 g/mol. The third-order valence-electron chi connectivity index (χ3n) is 5.61. The number of benzene rings is 3. The summed E-state index contributed by atoms with van der Waals surface area (Å²) < 4.78 is 6.80. The summed E-state index contributed by atoms with van der Waals surface area (Å²) in [4.78, 5) is 5.14. The first-order valence-electron chi connectivity index (χ1n) is 10.2. The predicted molar refractivity (Wildman–Crippen MR) is 124 cm³/mol. The van der Waals surface area contributed by atoms with Crippen LogP contribution in [0.25, 0.3) is 32.9 Å². The number of ether oxygens (including phenoxy) is 1. The normalized spacial score (nSPS) is 13.6. The molecule has 1 aliphatic rings. The molecule has 146 valence electrons. The van der Waals surface area contributed by atoms with Crippen molar-refractivity contribution >= 4 is 37.6 Å². The Kier molecular flexibility index (Phi) is 4.98. The second kappa shape index (κ2) is 7.77. The van der Waals surface area contributed by atoms with Crippen LogP contribution in [0.15, 0.2) is 59.1 Å². The van der Waals surface area contributed by atoms with Gasteiger partial charge in [0.1, 0.15) is 5.75 Å². The van der Waals surface area contributed by atoms with Crippen LogP contribution in [0.5, 0.6) is 5.75 Å². The SMILES string of the molecule is CCCOc1ccc(-c2nc3ccc4ccccc4c3c3c2CNCC3)cc1Br. The minimum atomic E-state index is 0.721. The molecular weight excluding hydrogens is 424 g/mol. The minimum Gasteiger partial charge on any atom is -0.492 e. The van der Waals surface area contributed by atoms with Crippen LogP contribution in [0.3, 0.4) is 0 Å². The van der Waals surface area contributed by atoms with E-state index in [0.717, 1.165) is 59.5 Å². The minimum absolute atomic E-state index is 0.721. The van der Waals surface area contributed by atoms with E-state index in [1.54, 1.807) is 0 Å². The highest BCUT2D eigenvalue weighted by atomic mass is 79.9. The highest BCUT2D eigenvalue weighted by molar-refractivity contribution is 9.10. The summed E-state index contributed by atoms with van der Waals surface area (Å²) in [7, 11) is 0. The van der Waals surface area contributed by atoms with Crippen LogP contribution < -0.4 is 10.1 Å². The summed E-state index contributed by atoms with van der Waals surface area (Å²) in [6, 6.07) is 19.3. The number of hydrogen-bond donors (Lipinski definition) is 1. The lowest BCUT2D eigenvalue weighted by Gasteiger charge is -2.23. The van der Waals surface area contributed by atoms with Crippen molar-refractivity contribution in [3.63, 3.8) is 0 Å². The fourth-order valence-corrected chi connectivity index (χ4v) is 4.75. The van der Waals surface area contributed by atoms with E-state index in [-0.39, 0.29) is 0 Å². The Morgan fingerprint density at radius 1 is 1.07 bits per heavy atom. The second-order valence-corrected chi connectivity index (χ2v) is 8.37. The standard InChI is InChI=1S/C25H23BrN2O/c1-2-13-29-23-10-8-17(14-21(23)26)25-20-15-27-12-11-19(20)24-18-6-4-3-5-16(18)7-9-22(24)28-25/h3-10,14,27H,2,11-13,15H2,1H3. The van der Waals surface area contributed by atoms with Crippen molar-refractivity contribution in [3.8, 4) is 17.0 Å². The zero-order valence-electron chi connectivity index (χ0n) is 16.5. The quantitative estimate of drug-likeness (QED) is 0.376. The number of halogens is 1. The number of rotatable bonds is 4. The molecule has 1 aromatic heterocycles. The van der Waals surface area contributed by atoms with Crippen LogP contribution in [0.2, 0.25) is 0 Å². The summed E-state index contributed by atoms with van der Waals surface area (Å²) in [6.45, 7) is 4.69. The van der Waals surface area contributed by atoms with E-state index in [0.29, 0.717) is 0 Å². The van der Waals surface area contributed by atoms with Gasteiger partial charge in [0.2, 0.25) is 0 Å². The molecule has 1 N–H and O–H groups in total. The Bertz CT molecular complexity index is 1220. The molecule has 0 amide bonds. The van der Waals surface area contributed by atoms with Gasteiger partial charge in [-0.2, -0.15) is 0 Å². The largest absolute Gasteiger partial charge is 0.492 e. The Morgan fingerprint density at radius 3 is 2.83 bits per heavy atom. The van der Waals surface area contributed by atoms with Crippen molar-refractivity contribution in [3.05, 3.63) is 70.2 Å². The highest BCUT2D eigenvalue weighted by Crippen LogP contribution is 2.37. The molecule has 0 spiro atoms. The fourth-order valence-electron chi connectivity index (χ4n) is 4.26. The number of pyridine rings is 1. The molecule has 0 saturated carbocycles. The summed E-state index contributed by atoms with van der Waals surface area (Å²) in [5.74, 6) is 0.884. The summed E-state index contributed by atoms with van der Waals surface area (Å²) in [5.41, 5.74) is 6.01. The van der Waals surface area contributed by atoms with Crippen LogP contribution in [0, 0.1) is 0 Å². The number of nitrogens with zero attached hydrogens (tertiary/aromatic N) is 1. The van der Waals surface area contributed by atoms with Crippen molar-refractivity contribution in [2.45, 2.75) is 26.3 Å². The van der Waals surface area contributed by atoms with Gasteiger partial charge in [-0.05, 0) is 81.5 Å². The molecule has 1 aliphatic heterocycles. The van der Waals surface area contributed by atoms with Gasteiger partial charge in [-0.15, -0.1) is 0 Å². The van der Waals surface area contributed by atoms with Crippen LogP contribution in [-0.4, -0.2) is 18.1 Å². The van der Waals surface area contributed by atoms with Gasteiger partial charge in [0.15, 0.2) is 0 Å². The molecule has 2 heterocycles. The third-order valence-corrected chi connectivity index (χ3v) is 6.23. The van der Waals surface area contributed by atoms with Gasteiger partial charge in [-0.1, -0.05) is 37.3 Å². The smallest absolute Gasteiger partial charge is 0.133 e. The molecule has 0 radical (unpaired) electrons. The molecule has 4 aromatic rings. The van der Waals surface area contributed by atoms with Gasteiger partial charge in [0.05, 0.1) is 22.3 Å². The monoisotopic (exact) mass is 446 g/mol. The van der Waals surface area contributed by atoms with Crippen LogP contribution >= 0.6 is 15.9 Å². The highest BCUT2D eigenvalue weighted by Gasteiger charge is 2.21. The molecule has 0 atom stereocenters. The number of hydrogen-bond acceptors (Lipinski definition) is 3. The van der Waals surface area contributed by atoms with Crippen molar-refractivity contribution in [2.75, 3.05) is 13.2 Å². The maximum atomic E-state index is 5.83. The molecular formula is C25H23BrN2O. The number of nitrogens with one attached hydrogen (secondary N) is 1. The maximum absolute atomic E-state index is 5.83. The van der Waals surface area contributed by atoms with Crippen LogP contribution in [0.4, 0.5) is 0 Å². The Balaban J connectivity index is 1.73. The average Bonchev–Trinajstić information content (AvgIpc) is 2.77. The third kappa shape index (κ3) is 3.30. The van der Waals surface area contributed by atoms with E-state index in [9.17, 15) is 0 Å². The molecule has 5 rings (SSSR count). The first-order valence-corrected chi connectivity index (χ1v) is 11.0. The first-order chi connectivity index (χ1) is 14.3. The Hall–Kier alpha value is -2.43. The summed E-state index contributed by atoms with van der Waals surface area (Å²) >= 11 is 3.68. The lowest BCUT2D eigenvalue weighted by Crippen LogP contribution is -2.25. The van der Waals surface area contributed by atoms with Crippen molar-refractivity contribution in [1.29, 1.82) is 0 Å². The Morgan fingerprint density at radius 2 is 1.97 bits per heavy atom. The zero-order valence-corrected chi connectivity index (χ0v) is 18.1. The molecule has 4 heteroatoms. The number of fused-ring (bicyclic) bond motifs is 5. The van der Waals surface area contributed by atoms with Gasteiger partial charge >= 0.3 is 0 Å². The second-order valence-electron chi connectivity index (χ2n) is 7.52. The van der Waals surface area contributed by atoms with Gasteiger partial charge in [-0.25, -0.2) is 4.98 Å². The summed E-state index contributed by atoms with van der Waals surface area (Å²) in [5, 5.41) is 7.42. The molecule has 3 aromatic carbocycles. The van der Waals surface area contributed by atoms with Crippen molar-refractivity contribution in [2.24, 2.45) is 0 Å². The van der Waals surface area contributed by atoms with E-state index in [1.165, 1.54) is 27.3 Å². The van der Waals surface area contributed by atoms with Gasteiger partial charge < -0.3 is 10.1 Å². The van der Waals surface area contributed by atoms with Crippen molar-refractivity contribution in [1.82, 2.24) is 10.3 Å². The molecule has 29 heavy (non-hydrogen) atoms. The molecule has 3 nitrogen and oxygen atoms in total. The predicted octanol–water partition coefficient (Wildman–Crippen LogP) is 6.25. The van der Waals surface area contributed by atoms with Gasteiger partial charge in [0, 0.05) is 17.5 Å². The molecule has 0 saturated heterocycles. The lowest BCUT2D eigenvalue weighted by atomic mass is 9.90. The summed E-state index contributed by atoms with van der Waals surface area (Å²) in [6.07, 6.45) is 2.02. The van der Waals surface area contributed by atoms with E-state index in [4.69, 9.17) is 9.72 Å². The van der Waals surface area contributed by atoms with Gasteiger partial charge in [-0.3, -0.25) is 0 Å². The maximum Gasteiger partial charge on any atom is 0.133 e. The van der Waals surface area contributed by atoms with Crippen LogP contribution in [-0.2, 0) is 13.0 Å². The molecule has 0 aliphatic carbocycles. The Labute approximate surface area is 179 Å². The molecule has 0 fully saturated rings. The first kappa shape index (κ1) is 18.6. The topological polar surface area (TPSA) is 34.1 Å². The van der Waals surface area contributed by atoms with E-state index in [2.05, 4.69) is 76.7 Å².